The summed E-state index contributed by atoms with van der Waals surface area (Å²) in [5.41, 5.74) is 0.828. The van der Waals surface area contributed by atoms with Gasteiger partial charge in [0.2, 0.25) is 5.88 Å². The highest BCUT2D eigenvalue weighted by Gasteiger charge is 2.29. The van der Waals surface area contributed by atoms with Crippen LogP contribution in [-0.2, 0) is 27.9 Å². The van der Waals surface area contributed by atoms with Crippen LogP contribution in [0.3, 0.4) is 0 Å². The molecular weight excluding hydrogens is 561 g/mol. The Morgan fingerprint density at radius 1 is 1.20 bits per heavy atom. The molecule has 0 saturated heterocycles. The molecule has 4 rings (SSSR count). The number of carbonyl (C=O) groups is 1. The van der Waals surface area contributed by atoms with Crippen LogP contribution in [0.5, 0.6) is 17.4 Å². The summed E-state index contributed by atoms with van der Waals surface area (Å²) in [7, 11) is -2.02. The number of methoxy groups -OCH3 is 2. The smallest absolute Gasteiger partial charge is 0.387 e. The van der Waals surface area contributed by atoms with Crippen molar-refractivity contribution >= 4 is 32.7 Å². The maximum absolute atomic E-state index is 13.3. The molecule has 3 heterocycles. The van der Waals surface area contributed by atoms with Gasteiger partial charge in [0, 0.05) is 30.6 Å². The number of fused-ring (bicyclic) bond motifs is 1. The van der Waals surface area contributed by atoms with Crippen molar-refractivity contribution in [3.8, 4) is 17.4 Å². The number of amides is 1. The summed E-state index contributed by atoms with van der Waals surface area (Å²) >= 11 is 0. The number of benzene rings is 1. The van der Waals surface area contributed by atoms with Gasteiger partial charge in [-0.15, -0.1) is 0 Å². The number of ether oxygens (including phenoxy) is 3. The van der Waals surface area contributed by atoms with Crippen molar-refractivity contribution < 1.29 is 45.1 Å². The zero-order chi connectivity index (χ0) is 29.0. The van der Waals surface area contributed by atoms with E-state index < -0.39 is 44.8 Å². The number of hydrogen-bond donors (Lipinski definition) is 2. The third-order valence-electron chi connectivity index (χ3n) is 5.29. The highest BCUT2D eigenvalue weighted by molar-refractivity contribution is 7.93. The Kier molecular flexibility index (Phi) is 8.13. The second-order valence-electron chi connectivity index (χ2n) is 7.97. The summed E-state index contributed by atoms with van der Waals surface area (Å²) in [6.07, 6.45) is 4.23. The highest BCUT2D eigenvalue weighted by atomic mass is 32.2. The first-order valence-electron chi connectivity index (χ1n) is 11.1. The van der Waals surface area contributed by atoms with E-state index in [0.717, 1.165) is 0 Å². The summed E-state index contributed by atoms with van der Waals surface area (Å²) in [6, 6.07) is 3.97. The van der Waals surface area contributed by atoms with Crippen molar-refractivity contribution in [2.24, 2.45) is 0 Å². The molecule has 1 aromatic carbocycles. The molecule has 0 aliphatic rings. The zero-order valence-corrected chi connectivity index (χ0v) is 21.7. The van der Waals surface area contributed by atoms with Gasteiger partial charge in [-0.3, -0.25) is 14.2 Å². The van der Waals surface area contributed by atoms with Crippen molar-refractivity contribution in [2.75, 3.05) is 18.9 Å². The van der Waals surface area contributed by atoms with Crippen molar-refractivity contribution in [1.29, 1.82) is 0 Å². The molecule has 0 aliphatic heterocycles. The fourth-order valence-electron chi connectivity index (χ4n) is 3.63. The molecule has 212 valence electrons. The predicted molar refractivity (Wildman–Crippen MR) is 132 cm³/mol. The van der Waals surface area contributed by atoms with Crippen LogP contribution < -0.4 is 24.2 Å². The van der Waals surface area contributed by atoms with Crippen LogP contribution in [0.1, 0.15) is 11.1 Å². The zero-order valence-electron chi connectivity index (χ0n) is 20.9. The third-order valence-corrected chi connectivity index (χ3v) is 6.67. The van der Waals surface area contributed by atoms with Crippen molar-refractivity contribution in [2.45, 2.75) is 24.6 Å². The Hall–Kier alpha value is -4.80. The van der Waals surface area contributed by atoms with Gasteiger partial charge < -0.3 is 24.1 Å². The highest BCUT2D eigenvalue weighted by Crippen LogP contribution is 2.38. The Balaban J connectivity index is 1.65. The van der Waals surface area contributed by atoms with Gasteiger partial charge in [-0.2, -0.15) is 13.9 Å². The lowest BCUT2D eigenvalue weighted by Gasteiger charge is -2.13. The number of nitrogens with one attached hydrogen (secondary N) is 2. The molecule has 0 atom stereocenters. The van der Waals surface area contributed by atoms with Crippen LogP contribution in [0, 0.1) is 0 Å². The molecule has 4 aromatic rings. The number of alkyl halides is 2. The summed E-state index contributed by atoms with van der Waals surface area (Å²) in [5, 5.41) is 9.95. The summed E-state index contributed by atoms with van der Waals surface area (Å²) in [6.45, 7) is -0.355. The van der Waals surface area contributed by atoms with Gasteiger partial charge in [-0.25, -0.2) is 17.8 Å². The molecule has 0 radical (unpaired) electrons. The lowest BCUT2D eigenvalue weighted by molar-refractivity contribution is -0.119. The second-order valence-corrected chi connectivity index (χ2v) is 9.59. The van der Waals surface area contributed by atoms with Gasteiger partial charge in [0.05, 0.1) is 27.0 Å². The fraction of sp³-hybridized carbons (Fsp3) is 0.217. The van der Waals surface area contributed by atoms with Gasteiger partial charge in [0.15, 0.2) is 22.1 Å². The topological polar surface area (TPSA) is 160 Å². The van der Waals surface area contributed by atoms with Crippen LogP contribution in [-0.4, -0.2) is 55.1 Å². The number of halogens is 3. The summed E-state index contributed by atoms with van der Waals surface area (Å²) < 4.78 is 89.6. The lowest BCUT2D eigenvalue weighted by atomic mass is 10.1. The summed E-state index contributed by atoms with van der Waals surface area (Å²) in [4.78, 5) is 14.7. The number of hydrogen-bond acceptors (Lipinski definition) is 10. The minimum atomic E-state index is -4.48. The molecule has 0 unspecified atom stereocenters. The van der Waals surface area contributed by atoms with E-state index in [2.05, 4.69) is 36.6 Å². The van der Waals surface area contributed by atoms with Crippen LogP contribution in [0.25, 0.3) is 11.0 Å². The summed E-state index contributed by atoms with van der Waals surface area (Å²) in [5.74, 6) is -3.33. The molecule has 3 aromatic heterocycles. The molecule has 17 heteroatoms. The predicted octanol–water partition coefficient (Wildman–Crippen LogP) is 2.99. The van der Waals surface area contributed by atoms with E-state index in [1.807, 2.05) is 0 Å². The number of aromatic nitrogens is 4. The molecule has 2 N–H and O–H groups in total. The largest absolute Gasteiger partial charge is 0.495 e. The van der Waals surface area contributed by atoms with E-state index in [4.69, 9.17) is 14.0 Å². The number of anilines is 1. The van der Waals surface area contributed by atoms with Gasteiger partial charge >= 0.3 is 6.61 Å². The van der Waals surface area contributed by atoms with Crippen molar-refractivity contribution in [3.05, 3.63) is 60.3 Å². The molecule has 1 amide bonds. The van der Waals surface area contributed by atoms with E-state index in [-0.39, 0.29) is 35.7 Å². The normalized spacial score (nSPS) is 11.4. The molecule has 0 fully saturated rings. The maximum Gasteiger partial charge on any atom is 0.387 e. The van der Waals surface area contributed by atoms with Crippen LogP contribution in [0.15, 0.2) is 58.6 Å². The Bertz CT molecular complexity index is 1650. The number of nitrogens with zero attached hydrogens (tertiary/aromatic N) is 4. The average Bonchev–Trinajstić information content (AvgIpc) is 3.52. The molecule has 40 heavy (non-hydrogen) atoms. The number of carbonyl (C=O) groups excluding carboxylic acids is 1. The Morgan fingerprint density at radius 2 is 1.98 bits per heavy atom. The Morgan fingerprint density at radius 3 is 2.65 bits per heavy atom. The lowest BCUT2D eigenvalue weighted by Crippen LogP contribution is -2.22. The SMILES string of the molecule is C=C(F)C(=O)NCc1cnn(Cc2cc(OC(F)F)c3c(NS(=O)(=O)c4c(OC)ccnc4OC)noc3c2)c1. The monoisotopic (exact) mass is 582 g/mol. The Labute approximate surface area is 224 Å². The van der Waals surface area contributed by atoms with E-state index in [1.165, 1.54) is 55.7 Å². The second kappa shape index (κ2) is 11.5. The molecule has 0 bridgehead atoms. The van der Waals surface area contributed by atoms with Gasteiger partial charge in [-0.05, 0) is 17.7 Å². The maximum atomic E-state index is 13.3. The first kappa shape index (κ1) is 28.2. The van der Waals surface area contributed by atoms with E-state index >= 15 is 0 Å². The van der Waals surface area contributed by atoms with E-state index in [1.54, 1.807) is 0 Å². The van der Waals surface area contributed by atoms with Crippen molar-refractivity contribution in [1.82, 2.24) is 25.2 Å². The van der Waals surface area contributed by atoms with Gasteiger partial charge in [-0.1, -0.05) is 11.7 Å². The first-order valence-corrected chi connectivity index (χ1v) is 12.6. The van der Waals surface area contributed by atoms with Gasteiger partial charge in [0.1, 0.15) is 16.9 Å². The fourth-order valence-corrected chi connectivity index (χ4v) is 4.91. The van der Waals surface area contributed by atoms with Crippen LogP contribution >= 0.6 is 0 Å². The quantitative estimate of drug-likeness (QED) is 0.238. The molecular formula is C23H21F3N6O7S. The minimum absolute atomic E-state index is 0.0291. The number of pyridine rings is 1. The average molecular weight is 583 g/mol. The van der Waals surface area contributed by atoms with Crippen molar-refractivity contribution in [3.63, 3.8) is 0 Å². The van der Waals surface area contributed by atoms with E-state index in [0.29, 0.717) is 11.1 Å². The molecule has 0 spiro atoms. The third kappa shape index (κ3) is 6.09. The molecule has 0 saturated carbocycles. The standard InChI is InChI=1S/C23H21F3N6O7S/c1-12(24)21(33)28-8-14-9-29-32(11-14)10-13-6-16(38-23(25)26)18-17(7-13)39-30-20(18)31-40(34,35)19-15(36-2)4-5-27-22(19)37-3/h4-7,9,11,23H,1,8,10H2,2-3H3,(H,28,33)(H,30,31). The molecule has 0 aliphatic carbocycles. The number of sulfonamides is 1. The van der Waals surface area contributed by atoms with Gasteiger partial charge in [0.25, 0.3) is 15.9 Å². The molecule has 13 nitrogen and oxygen atoms in total. The minimum Gasteiger partial charge on any atom is -0.495 e. The first-order chi connectivity index (χ1) is 19.0. The van der Waals surface area contributed by atoms with Crippen LogP contribution in [0.2, 0.25) is 0 Å². The number of rotatable bonds is 12. The van der Waals surface area contributed by atoms with E-state index in [9.17, 15) is 26.4 Å². The van der Waals surface area contributed by atoms with Crippen LogP contribution in [0.4, 0.5) is 19.0 Å².